The molecule has 0 unspecified atom stereocenters. The molecule has 0 aromatic heterocycles. The van der Waals surface area contributed by atoms with Crippen molar-refractivity contribution in [2.45, 2.75) is 14.7 Å². The molecule has 136 valence electrons. The van der Waals surface area contributed by atoms with Crippen molar-refractivity contribution in [3.05, 3.63) is 84.9 Å². The molecule has 3 aromatic carbocycles. The molecule has 0 spiro atoms. The number of hydrogen-bond acceptors (Lipinski definition) is 1. The Morgan fingerprint density at radius 2 is 1.08 bits per heavy atom. The third-order valence-corrected chi connectivity index (χ3v) is 5.45. The van der Waals surface area contributed by atoms with Gasteiger partial charge in [-0.3, -0.25) is 0 Å². The molecule has 7 heteroatoms. The fraction of sp³-hybridized carbons (Fsp3) is 0.0526. The first-order valence-corrected chi connectivity index (χ1v) is 8.97. The maximum atomic E-state index is 9.75. The smallest absolute Gasteiger partial charge is 0.497 e. The van der Waals surface area contributed by atoms with Crippen LogP contribution in [0.5, 0.6) is 5.75 Å². The Morgan fingerprint density at radius 3 is 1.50 bits per heavy atom. The molecule has 0 N–H and O–H groups in total. The highest BCUT2D eigenvalue weighted by Gasteiger charge is 2.28. The van der Waals surface area contributed by atoms with Crippen molar-refractivity contribution in [1.82, 2.24) is 0 Å². The summed E-state index contributed by atoms with van der Waals surface area (Å²) in [5.41, 5.74) is 0. The maximum absolute atomic E-state index is 9.75. The Labute approximate surface area is 153 Å². The van der Waals surface area contributed by atoms with E-state index >= 15 is 0 Å². The lowest BCUT2D eigenvalue weighted by Crippen LogP contribution is -2.04. The highest BCUT2D eigenvalue weighted by atomic mass is 32.2. The summed E-state index contributed by atoms with van der Waals surface area (Å²) in [6, 6.07) is 29.6. The summed E-state index contributed by atoms with van der Waals surface area (Å²) in [4.78, 5) is 3.90. The lowest BCUT2D eigenvalue weighted by Gasteiger charge is -2.08. The van der Waals surface area contributed by atoms with Crippen LogP contribution in [0.4, 0.5) is 17.3 Å². The van der Waals surface area contributed by atoms with Crippen molar-refractivity contribution >= 4 is 18.1 Å². The minimum atomic E-state index is -6.00. The molecular formula is C19H17BF4OS. The molecule has 0 amide bonds. The molecule has 3 rings (SSSR count). The average Bonchev–Trinajstić information content (AvgIpc) is 2.63. The van der Waals surface area contributed by atoms with E-state index in [0.29, 0.717) is 0 Å². The van der Waals surface area contributed by atoms with E-state index in [9.17, 15) is 17.3 Å². The molecule has 26 heavy (non-hydrogen) atoms. The van der Waals surface area contributed by atoms with Crippen LogP contribution in [0.15, 0.2) is 99.6 Å². The third kappa shape index (κ3) is 6.48. The van der Waals surface area contributed by atoms with Crippen LogP contribution in [0.1, 0.15) is 0 Å². The van der Waals surface area contributed by atoms with Gasteiger partial charge in [-0.2, -0.15) is 0 Å². The Bertz CT molecular complexity index is 752. The number of benzene rings is 3. The van der Waals surface area contributed by atoms with Crippen molar-refractivity contribution in [2.24, 2.45) is 0 Å². The molecule has 0 aliphatic carbocycles. The topological polar surface area (TPSA) is 9.23 Å². The molecule has 0 heterocycles. The molecule has 0 saturated carbocycles. The zero-order valence-corrected chi connectivity index (χ0v) is 14.8. The lowest BCUT2D eigenvalue weighted by molar-refractivity contribution is 0.368. The molecular weight excluding hydrogens is 363 g/mol. The molecule has 0 radical (unpaired) electrons. The molecule has 0 saturated heterocycles. The first kappa shape index (κ1) is 19.9. The molecule has 3 aromatic rings. The minimum absolute atomic E-state index is 0.107. The average molecular weight is 380 g/mol. The minimum Gasteiger partial charge on any atom is -0.497 e. The standard InChI is InChI=1S/C19H17OS.BF4/c1-20-16-9-8-14-19(15-16)21(17-10-4-2-5-11-17)18-12-6-3-7-13-18;2-1(3,4)5/h2-15H,1H3;/q+1;-1. The summed E-state index contributed by atoms with van der Waals surface area (Å²) < 4.78 is 44.4. The predicted octanol–water partition coefficient (Wildman–Crippen LogP) is 6.09. The summed E-state index contributed by atoms with van der Waals surface area (Å²) >= 11 is 0. The lowest BCUT2D eigenvalue weighted by atomic mass is 10.3. The van der Waals surface area contributed by atoms with Gasteiger partial charge in [-0.25, -0.2) is 0 Å². The van der Waals surface area contributed by atoms with Gasteiger partial charge in [0, 0.05) is 6.07 Å². The van der Waals surface area contributed by atoms with Gasteiger partial charge in [0.2, 0.25) is 0 Å². The number of hydrogen-bond donors (Lipinski definition) is 0. The van der Waals surface area contributed by atoms with Crippen molar-refractivity contribution in [1.29, 1.82) is 0 Å². The maximum Gasteiger partial charge on any atom is 0.673 e. The summed E-state index contributed by atoms with van der Waals surface area (Å²) in [7, 11) is -4.40. The second kappa shape index (κ2) is 9.34. The number of methoxy groups -OCH3 is 1. The van der Waals surface area contributed by atoms with Crippen molar-refractivity contribution < 1.29 is 22.0 Å². The quantitative estimate of drug-likeness (QED) is 0.302. The van der Waals surface area contributed by atoms with Gasteiger partial charge in [0.25, 0.3) is 0 Å². The Morgan fingerprint density at radius 1 is 0.654 bits per heavy atom. The van der Waals surface area contributed by atoms with Crippen LogP contribution in [0.2, 0.25) is 0 Å². The van der Waals surface area contributed by atoms with Crippen LogP contribution >= 0.6 is 0 Å². The van der Waals surface area contributed by atoms with Gasteiger partial charge in [-0.1, -0.05) is 42.5 Å². The predicted molar refractivity (Wildman–Crippen MR) is 98.2 cm³/mol. The van der Waals surface area contributed by atoms with E-state index in [2.05, 4.69) is 78.9 Å². The fourth-order valence-electron chi connectivity index (χ4n) is 2.25. The SMILES string of the molecule is COc1cccc([S+](c2ccccc2)c2ccccc2)c1.F[B-](F)(F)F. The molecule has 1 nitrogen and oxygen atoms in total. The zero-order valence-electron chi connectivity index (χ0n) is 14.0. The summed E-state index contributed by atoms with van der Waals surface area (Å²) in [6.07, 6.45) is 0. The summed E-state index contributed by atoms with van der Waals surface area (Å²) in [5, 5.41) is 0. The third-order valence-electron chi connectivity index (χ3n) is 3.23. The van der Waals surface area contributed by atoms with Gasteiger partial charge in [-0.15, -0.1) is 0 Å². The number of ether oxygens (including phenoxy) is 1. The van der Waals surface area contributed by atoms with Crippen molar-refractivity contribution in [3.8, 4) is 5.75 Å². The number of rotatable bonds is 4. The summed E-state index contributed by atoms with van der Waals surface area (Å²) in [5.74, 6) is 0.900. The monoisotopic (exact) mass is 380 g/mol. The van der Waals surface area contributed by atoms with E-state index in [1.807, 2.05) is 6.07 Å². The second-order valence-electron chi connectivity index (χ2n) is 5.11. The van der Waals surface area contributed by atoms with Gasteiger partial charge in [0.15, 0.2) is 14.7 Å². The van der Waals surface area contributed by atoms with Gasteiger partial charge in [0.05, 0.1) is 18.0 Å². The van der Waals surface area contributed by atoms with Crippen LogP contribution in [0.3, 0.4) is 0 Å². The first-order chi connectivity index (χ1) is 12.4. The highest BCUT2D eigenvalue weighted by Crippen LogP contribution is 2.32. The van der Waals surface area contributed by atoms with Crippen LogP contribution in [-0.2, 0) is 10.9 Å². The van der Waals surface area contributed by atoms with Crippen LogP contribution in [0.25, 0.3) is 0 Å². The van der Waals surface area contributed by atoms with Crippen LogP contribution < -0.4 is 4.74 Å². The van der Waals surface area contributed by atoms with Gasteiger partial charge < -0.3 is 22.0 Å². The molecule has 0 aliphatic heterocycles. The van der Waals surface area contributed by atoms with E-state index < -0.39 is 7.25 Å². The van der Waals surface area contributed by atoms with Crippen LogP contribution in [0, 0.1) is 0 Å². The van der Waals surface area contributed by atoms with Gasteiger partial charge in [-0.05, 0) is 36.4 Å². The Hall–Kier alpha value is -2.41. The normalized spacial score (nSPS) is 10.8. The van der Waals surface area contributed by atoms with Crippen molar-refractivity contribution in [3.63, 3.8) is 0 Å². The van der Waals surface area contributed by atoms with E-state index in [1.165, 1.54) is 14.7 Å². The van der Waals surface area contributed by atoms with Gasteiger partial charge >= 0.3 is 7.25 Å². The zero-order chi connectivity index (χ0) is 19.0. The molecule has 0 bridgehead atoms. The van der Waals surface area contributed by atoms with Gasteiger partial charge in [0.1, 0.15) is 5.75 Å². The van der Waals surface area contributed by atoms with E-state index in [-0.39, 0.29) is 10.9 Å². The van der Waals surface area contributed by atoms with E-state index in [1.54, 1.807) is 7.11 Å². The fourth-order valence-corrected chi connectivity index (χ4v) is 4.37. The first-order valence-electron chi connectivity index (χ1n) is 7.74. The Kier molecular flexibility index (Phi) is 7.15. The number of halogens is 4. The highest BCUT2D eigenvalue weighted by molar-refractivity contribution is 7.97. The van der Waals surface area contributed by atoms with Crippen LogP contribution in [-0.4, -0.2) is 14.4 Å². The molecule has 0 atom stereocenters. The second-order valence-corrected chi connectivity index (χ2v) is 7.13. The van der Waals surface area contributed by atoms with Crippen molar-refractivity contribution in [2.75, 3.05) is 7.11 Å². The van der Waals surface area contributed by atoms with E-state index in [4.69, 9.17) is 4.74 Å². The molecule has 0 aliphatic rings. The summed E-state index contributed by atoms with van der Waals surface area (Å²) in [6.45, 7) is 0. The largest absolute Gasteiger partial charge is 0.673 e. The molecule has 0 fully saturated rings. The Balaban J connectivity index is 0.000000431. The van der Waals surface area contributed by atoms with E-state index in [0.717, 1.165) is 5.75 Å².